The fourth-order valence-electron chi connectivity index (χ4n) is 2.60. The van der Waals surface area contributed by atoms with Crippen LogP contribution in [0.2, 0.25) is 0 Å². The Morgan fingerprint density at radius 3 is 2.45 bits per heavy atom. The quantitative estimate of drug-likeness (QED) is 0.388. The molecular weight excluding hydrogens is 391 g/mol. The number of para-hydroxylation sites is 1. The summed E-state index contributed by atoms with van der Waals surface area (Å²) in [7, 11) is 0. The molecule has 4 aromatic rings. The molecule has 2 heterocycles. The number of amides is 1. The summed E-state index contributed by atoms with van der Waals surface area (Å²) in [4.78, 5) is 21.2. The van der Waals surface area contributed by atoms with Crippen molar-refractivity contribution < 1.29 is 9.18 Å². The van der Waals surface area contributed by atoms with Crippen LogP contribution in [-0.4, -0.2) is 30.9 Å². The summed E-state index contributed by atoms with van der Waals surface area (Å²) in [5.41, 5.74) is 1.99. The highest BCUT2D eigenvalue weighted by atomic mass is 32.2. The Bertz CT molecular complexity index is 1100. The van der Waals surface area contributed by atoms with Gasteiger partial charge >= 0.3 is 0 Å². The van der Waals surface area contributed by atoms with Gasteiger partial charge in [-0.1, -0.05) is 35.2 Å². The number of thioether (sulfide) groups is 1. The lowest BCUT2D eigenvalue weighted by molar-refractivity contribution is 0.102. The first-order valence-electron chi connectivity index (χ1n) is 8.67. The van der Waals surface area contributed by atoms with Crippen molar-refractivity contribution in [1.82, 2.24) is 25.0 Å². The summed E-state index contributed by atoms with van der Waals surface area (Å²) in [5, 5.41) is 11.6. The molecule has 144 valence electrons. The van der Waals surface area contributed by atoms with Crippen molar-refractivity contribution in [2.75, 3.05) is 5.32 Å². The predicted octanol–water partition coefficient (Wildman–Crippen LogP) is 3.74. The van der Waals surface area contributed by atoms with E-state index in [0.717, 1.165) is 0 Å². The van der Waals surface area contributed by atoms with Crippen LogP contribution in [-0.2, 0) is 5.75 Å². The van der Waals surface area contributed by atoms with E-state index in [1.54, 1.807) is 42.7 Å². The van der Waals surface area contributed by atoms with Crippen LogP contribution in [0.5, 0.6) is 0 Å². The molecule has 1 amide bonds. The summed E-state index contributed by atoms with van der Waals surface area (Å²) < 4.78 is 14.8. The Morgan fingerprint density at radius 2 is 1.72 bits per heavy atom. The lowest BCUT2D eigenvalue weighted by Gasteiger charge is -2.08. The van der Waals surface area contributed by atoms with E-state index in [0.29, 0.717) is 28.0 Å². The zero-order valence-electron chi connectivity index (χ0n) is 15.1. The van der Waals surface area contributed by atoms with E-state index < -0.39 is 0 Å². The first-order chi connectivity index (χ1) is 14.2. The molecule has 0 saturated carbocycles. The van der Waals surface area contributed by atoms with Gasteiger partial charge in [-0.2, -0.15) is 0 Å². The number of carbonyl (C=O) groups is 1. The van der Waals surface area contributed by atoms with E-state index in [9.17, 15) is 9.18 Å². The molecule has 0 fully saturated rings. The Kier molecular flexibility index (Phi) is 5.57. The summed E-state index contributed by atoms with van der Waals surface area (Å²) in [6, 6.07) is 16.6. The highest BCUT2D eigenvalue weighted by Crippen LogP contribution is 2.23. The van der Waals surface area contributed by atoms with Crippen molar-refractivity contribution in [1.29, 1.82) is 0 Å². The molecule has 0 aliphatic rings. The molecule has 1 N–H and O–H groups in total. The van der Waals surface area contributed by atoms with Crippen LogP contribution in [0.25, 0.3) is 5.69 Å². The average Bonchev–Trinajstić information content (AvgIpc) is 3.18. The number of hydrogen-bond donors (Lipinski definition) is 1. The second-order valence-corrected chi connectivity index (χ2v) is 6.86. The molecule has 0 radical (unpaired) electrons. The topological polar surface area (TPSA) is 85.6 Å². The molecular formula is C20H15FN6OS. The van der Waals surface area contributed by atoms with Gasteiger partial charge in [0.15, 0.2) is 10.9 Å². The molecule has 0 saturated heterocycles. The minimum atomic E-state index is -0.380. The Morgan fingerprint density at radius 1 is 1.00 bits per heavy atom. The van der Waals surface area contributed by atoms with Gasteiger partial charge in [0.1, 0.15) is 5.82 Å². The van der Waals surface area contributed by atoms with Gasteiger partial charge in [0.2, 0.25) is 0 Å². The van der Waals surface area contributed by atoms with Crippen molar-refractivity contribution in [3.8, 4) is 5.69 Å². The number of halogens is 1. The van der Waals surface area contributed by atoms with Crippen molar-refractivity contribution in [3.05, 3.63) is 90.3 Å². The summed E-state index contributed by atoms with van der Waals surface area (Å²) in [5.74, 6) is -0.384. The highest BCUT2D eigenvalue weighted by molar-refractivity contribution is 7.98. The predicted molar refractivity (Wildman–Crippen MR) is 107 cm³/mol. The summed E-state index contributed by atoms with van der Waals surface area (Å²) in [6.45, 7) is 0. The number of hydrogen-bond acceptors (Lipinski definition) is 6. The largest absolute Gasteiger partial charge is 0.321 e. The Hall–Kier alpha value is -3.59. The molecule has 2 aromatic carbocycles. The molecule has 29 heavy (non-hydrogen) atoms. The van der Waals surface area contributed by atoms with E-state index in [2.05, 4.69) is 25.6 Å². The second-order valence-electron chi connectivity index (χ2n) is 5.91. The van der Waals surface area contributed by atoms with Crippen molar-refractivity contribution in [2.24, 2.45) is 0 Å². The summed E-state index contributed by atoms with van der Waals surface area (Å²) in [6.07, 6.45) is 3.29. The average molecular weight is 406 g/mol. The van der Waals surface area contributed by atoms with Crippen LogP contribution in [0.4, 0.5) is 10.1 Å². The van der Waals surface area contributed by atoms with E-state index in [1.165, 1.54) is 28.6 Å². The molecule has 0 aliphatic carbocycles. The maximum Gasteiger partial charge on any atom is 0.278 e. The standard InChI is InChI=1S/C20H15FN6OS/c21-14-7-9-16(10-8-14)27-17(13-29-20-22-11-4-12-23-20)18(25-26-27)19(28)24-15-5-2-1-3-6-15/h1-12H,13H2,(H,24,28). The molecule has 9 heteroatoms. The van der Waals surface area contributed by atoms with Crippen LogP contribution in [0.15, 0.2) is 78.2 Å². The van der Waals surface area contributed by atoms with Crippen LogP contribution in [0.1, 0.15) is 16.2 Å². The van der Waals surface area contributed by atoms with E-state index in [4.69, 9.17) is 0 Å². The number of aromatic nitrogens is 5. The lowest BCUT2D eigenvalue weighted by Crippen LogP contribution is -2.15. The molecule has 7 nitrogen and oxygen atoms in total. The third kappa shape index (κ3) is 4.46. The van der Waals surface area contributed by atoms with E-state index >= 15 is 0 Å². The third-order valence-electron chi connectivity index (χ3n) is 3.96. The molecule has 0 unspecified atom stereocenters. The van der Waals surface area contributed by atoms with Crippen molar-refractivity contribution in [2.45, 2.75) is 10.9 Å². The number of benzene rings is 2. The van der Waals surface area contributed by atoms with Crippen molar-refractivity contribution >= 4 is 23.4 Å². The van der Waals surface area contributed by atoms with Gasteiger partial charge in [0.05, 0.1) is 11.4 Å². The minimum absolute atomic E-state index is 0.182. The van der Waals surface area contributed by atoms with Crippen LogP contribution < -0.4 is 5.32 Å². The first-order valence-corrected chi connectivity index (χ1v) is 9.66. The number of nitrogens with zero attached hydrogens (tertiary/aromatic N) is 5. The number of rotatable bonds is 6. The molecule has 0 spiro atoms. The number of nitrogens with one attached hydrogen (secondary N) is 1. The normalized spacial score (nSPS) is 10.7. The Balaban J connectivity index is 1.66. The number of carbonyl (C=O) groups excluding carboxylic acids is 1. The molecule has 0 atom stereocenters. The van der Waals surface area contributed by atoms with Gasteiger partial charge in [-0.05, 0) is 42.5 Å². The fourth-order valence-corrected chi connectivity index (χ4v) is 3.40. The second kappa shape index (κ2) is 8.61. The first kappa shape index (κ1) is 18.8. The van der Waals surface area contributed by atoms with E-state index in [1.807, 2.05) is 18.2 Å². The van der Waals surface area contributed by atoms with Crippen LogP contribution in [0, 0.1) is 5.82 Å². The van der Waals surface area contributed by atoms with Gasteiger partial charge in [-0.25, -0.2) is 19.0 Å². The lowest BCUT2D eigenvalue weighted by atomic mass is 10.2. The molecule has 0 aliphatic heterocycles. The zero-order valence-corrected chi connectivity index (χ0v) is 15.9. The maximum atomic E-state index is 13.3. The van der Waals surface area contributed by atoms with Gasteiger partial charge in [0, 0.05) is 23.8 Å². The molecule has 4 rings (SSSR count). The van der Waals surface area contributed by atoms with Gasteiger partial charge in [-0.3, -0.25) is 4.79 Å². The van der Waals surface area contributed by atoms with Crippen LogP contribution in [0.3, 0.4) is 0 Å². The van der Waals surface area contributed by atoms with Crippen molar-refractivity contribution in [3.63, 3.8) is 0 Å². The number of anilines is 1. The maximum absolute atomic E-state index is 13.3. The van der Waals surface area contributed by atoms with Crippen LogP contribution >= 0.6 is 11.8 Å². The van der Waals surface area contributed by atoms with Gasteiger partial charge < -0.3 is 5.32 Å². The zero-order chi connectivity index (χ0) is 20.1. The molecule has 2 aromatic heterocycles. The summed E-state index contributed by atoms with van der Waals surface area (Å²) >= 11 is 1.35. The van der Waals surface area contributed by atoms with E-state index in [-0.39, 0.29) is 17.4 Å². The highest BCUT2D eigenvalue weighted by Gasteiger charge is 2.21. The van der Waals surface area contributed by atoms with Gasteiger partial charge in [0.25, 0.3) is 5.91 Å². The minimum Gasteiger partial charge on any atom is -0.321 e. The fraction of sp³-hybridized carbons (Fsp3) is 0.0500. The van der Waals surface area contributed by atoms with Gasteiger partial charge in [-0.15, -0.1) is 5.10 Å². The SMILES string of the molecule is O=C(Nc1ccccc1)c1nnn(-c2ccc(F)cc2)c1CSc1ncccn1. The smallest absolute Gasteiger partial charge is 0.278 e. The monoisotopic (exact) mass is 406 g/mol. The third-order valence-corrected chi connectivity index (χ3v) is 4.85. The Labute approximate surface area is 170 Å². The molecule has 0 bridgehead atoms.